The van der Waals surface area contributed by atoms with Crippen molar-refractivity contribution in [1.82, 2.24) is 0 Å². The average molecular weight is 434 g/mol. The highest BCUT2D eigenvalue weighted by molar-refractivity contribution is 6.30. The number of halogens is 2. The maximum absolute atomic E-state index is 12.9. The Morgan fingerprint density at radius 2 is 1.77 bits per heavy atom. The number of benzene rings is 3. The summed E-state index contributed by atoms with van der Waals surface area (Å²) in [7, 11) is 1.46. The third kappa shape index (κ3) is 6.05. The summed E-state index contributed by atoms with van der Waals surface area (Å²) in [5.41, 5.74) is 2.47. The smallest absolute Gasteiger partial charge is 0.336 e. The van der Waals surface area contributed by atoms with Crippen molar-refractivity contribution in [3.63, 3.8) is 0 Å². The van der Waals surface area contributed by atoms with Gasteiger partial charge in [0.25, 0.3) is 0 Å². The molecule has 31 heavy (non-hydrogen) atoms. The molecule has 0 radical (unpaired) electrons. The molecule has 0 aliphatic rings. The van der Waals surface area contributed by atoms with E-state index in [0.29, 0.717) is 33.0 Å². The molecule has 0 saturated carbocycles. The van der Waals surface area contributed by atoms with Gasteiger partial charge in [0.1, 0.15) is 5.82 Å². The predicted octanol–water partition coefficient (Wildman–Crippen LogP) is 6.17. The molecule has 4 nitrogen and oxygen atoms in total. The van der Waals surface area contributed by atoms with Gasteiger partial charge in [-0.2, -0.15) is 5.26 Å². The zero-order valence-corrected chi connectivity index (χ0v) is 17.3. The van der Waals surface area contributed by atoms with Crippen LogP contribution in [0, 0.1) is 17.1 Å². The maximum Gasteiger partial charge on any atom is 0.336 e. The number of nitriles is 1. The molecule has 0 fully saturated rings. The van der Waals surface area contributed by atoms with Crippen LogP contribution in [-0.2, 0) is 4.79 Å². The van der Waals surface area contributed by atoms with Gasteiger partial charge in [0.15, 0.2) is 11.5 Å². The van der Waals surface area contributed by atoms with E-state index in [1.165, 1.54) is 31.4 Å². The quantitative estimate of drug-likeness (QED) is 0.153. The number of carbonyl (C=O) groups is 1. The molecule has 0 bridgehead atoms. The zero-order valence-electron chi connectivity index (χ0n) is 16.5. The lowest BCUT2D eigenvalue weighted by Gasteiger charge is -2.09. The van der Waals surface area contributed by atoms with Gasteiger partial charge in [0, 0.05) is 11.1 Å². The van der Waals surface area contributed by atoms with Crippen LogP contribution >= 0.6 is 11.6 Å². The summed E-state index contributed by atoms with van der Waals surface area (Å²) in [4.78, 5) is 12.1. The largest absolute Gasteiger partial charge is 0.493 e. The molecule has 0 unspecified atom stereocenters. The molecule has 3 aromatic rings. The molecule has 0 spiro atoms. The van der Waals surface area contributed by atoms with Crippen molar-refractivity contribution in [3.05, 3.63) is 100 Å². The van der Waals surface area contributed by atoms with E-state index in [-0.39, 0.29) is 11.6 Å². The van der Waals surface area contributed by atoms with Crippen molar-refractivity contribution in [2.24, 2.45) is 0 Å². The molecule has 0 N–H and O–H groups in total. The number of nitrogens with zero attached hydrogens (tertiary/aromatic N) is 1. The van der Waals surface area contributed by atoms with Crippen LogP contribution in [0.4, 0.5) is 4.39 Å². The van der Waals surface area contributed by atoms with E-state index < -0.39 is 5.97 Å². The lowest BCUT2D eigenvalue weighted by Crippen LogP contribution is -2.05. The molecule has 6 heteroatoms. The van der Waals surface area contributed by atoms with Crippen molar-refractivity contribution in [1.29, 1.82) is 5.26 Å². The van der Waals surface area contributed by atoms with E-state index in [0.717, 1.165) is 0 Å². The fraction of sp³-hybridized carbons (Fsp3) is 0.0400. The maximum atomic E-state index is 12.9. The van der Waals surface area contributed by atoms with Crippen LogP contribution in [0.5, 0.6) is 11.5 Å². The summed E-state index contributed by atoms with van der Waals surface area (Å²) in [6, 6.07) is 19.8. The van der Waals surface area contributed by atoms with E-state index in [9.17, 15) is 14.4 Å². The van der Waals surface area contributed by atoms with E-state index in [1.54, 1.807) is 60.7 Å². The summed E-state index contributed by atoms with van der Waals surface area (Å²) >= 11 is 6.01. The summed E-state index contributed by atoms with van der Waals surface area (Å²) < 4.78 is 23.6. The molecular formula is C25H17ClFNO3. The Morgan fingerprint density at radius 3 is 2.45 bits per heavy atom. The fourth-order valence-electron chi connectivity index (χ4n) is 2.74. The minimum Gasteiger partial charge on any atom is -0.493 e. The standard InChI is InChI=1S/C25H17ClFNO3/c1-30-24-14-18(13-20(16-28)19-3-2-4-21(26)15-19)7-11-23(24)31-25(29)12-8-17-5-9-22(27)10-6-17/h2-15H,1H3/b12-8+,20-13-. The SMILES string of the molecule is COc1cc(/C=C(/C#N)c2cccc(Cl)c2)ccc1OC(=O)/C=C/c1ccc(F)cc1. The number of ether oxygens (including phenoxy) is 2. The molecule has 0 aliphatic carbocycles. The second-order valence-corrected chi connectivity index (χ2v) is 6.83. The van der Waals surface area contributed by atoms with Crippen LogP contribution < -0.4 is 9.47 Å². The van der Waals surface area contributed by atoms with Crippen LogP contribution in [0.2, 0.25) is 5.02 Å². The number of hydrogen-bond acceptors (Lipinski definition) is 4. The van der Waals surface area contributed by atoms with Crippen molar-refractivity contribution >= 4 is 35.3 Å². The second-order valence-electron chi connectivity index (χ2n) is 6.40. The number of allylic oxidation sites excluding steroid dienone is 1. The first-order chi connectivity index (χ1) is 15.0. The van der Waals surface area contributed by atoms with E-state index in [1.807, 2.05) is 0 Å². The Morgan fingerprint density at radius 1 is 1.03 bits per heavy atom. The third-order valence-electron chi connectivity index (χ3n) is 4.25. The van der Waals surface area contributed by atoms with Crippen molar-refractivity contribution in [2.45, 2.75) is 0 Å². The molecule has 0 saturated heterocycles. The summed E-state index contributed by atoms with van der Waals surface area (Å²) in [6.07, 6.45) is 4.46. The highest BCUT2D eigenvalue weighted by Gasteiger charge is 2.10. The summed E-state index contributed by atoms with van der Waals surface area (Å²) in [6.45, 7) is 0. The molecule has 0 aliphatic heterocycles. The van der Waals surface area contributed by atoms with Crippen LogP contribution in [0.15, 0.2) is 72.8 Å². The lowest BCUT2D eigenvalue weighted by molar-refractivity contribution is -0.129. The van der Waals surface area contributed by atoms with Gasteiger partial charge in [0.05, 0.1) is 18.8 Å². The molecule has 0 amide bonds. The third-order valence-corrected chi connectivity index (χ3v) is 4.48. The minimum atomic E-state index is -0.609. The Labute approximate surface area is 184 Å². The molecule has 0 atom stereocenters. The molecule has 154 valence electrons. The molecule has 3 rings (SSSR count). The van der Waals surface area contributed by atoms with Gasteiger partial charge in [-0.25, -0.2) is 9.18 Å². The number of esters is 1. The number of hydrogen-bond donors (Lipinski definition) is 0. The lowest BCUT2D eigenvalue weighted by atomic mass is 10.0. The van der Waals surface area contributed by atoms with Crippen molar-refractivity contribution in [3.8, 4) is 17.6 Å². The number of rotatable bonds is 6. The van der Waals surface area contributed by atoms with Gasteiger partial charge in [-0.05, 0) is 65.2 Å². The number of methoxy groups -OCH3 is 1. The van der Waals surface area contributed by atoms with Gasteiger partial charge in [-0.15, -0.1) is 0 Å². The average Bonchev–Trinajstić information content (AvgIpc) is 2.78. The first-order valence-corrected chi connectivity index (χ1v) is 9.57. The highest BCUT2D eigenvalue weighted by atomic mass is 35.5. The van der Waals surface area contributed by atoms with Crippen molar-refractivity contribution < 1.29 is 18.7 Å². The highest BCUT2D eigenvalue weighted by Crippen LogP contribution is 2.30. The van der Waals surface area contributed by atoms with E-state index in [2.05, 4.69) is 6.07 Å². The van der Waals surface area contributed by atoms with Gasteiger partial charge >= 0.3 is 5.97 Å². The van der Waals surface area contributed by atoms with E-state index >= 15 is 0 Å². The van der Waals surface area contributed by atoms with Gasteiger partial charge in [0.2, 0.25) is 0 Å². The Bertz CT molecular complexity index is 1190. The normalized spacial score (nSPS) is 11.2. The molecule has 0 heterocycles. The van der Waals surface area contributed by atoms with Gasteiger partial charge in [-0.1, -0.05) is 41.9 Å². The van der Waals surface area contributed by atoms with Crippen molar-refractivity contribution in [2.75, 3.05) is 7.11 Å². The van der Waals surface area contributed by atoms with Crippen LogP contribution in [0.25, 0.3) is 17.7 Å². The van der Waals surface area contributed by atoms with Crippen LogP contribution in [0.1, 0.15) is 16.7 Å². The predicted molar refractivity (Wildman–Crippen MR) is 119 cm³/mol. The van der Waals surface area contributed by atoms with Gasteiger partial charge < -0.3 is 9.47 Å². The first-order valence-electron chi connectivity index (χ1n) is 9.20. The molecular weight excluding hydrogens is 417 g/mol. The van der Waals surface area contributed by atoms with Crippen LogP contribution in [0.3, 0.4) is 0 Å². The Hall–Kier alpha value is -3.88. The molecule has 3 aromatic carbocycles. The fourth-order valence-corrected chi connectivity index (χ4v) is 2.93. The minimum absolute atomic E-state index is 0.231. The second kappa shape index (κ2) is 10.2. The monoisotopic (exact) mass is 433 g/mol. The first kappa shape index (κ1) is 21.8. The summed E-state index contributed by atoms with van der Waals surface area (Å²) in [5.74, 6) is -0.397. The van der Waals surface area contributed by atoms with Gasteiger partial charge in [-0.3, -0.25) is 0 Å². The summed E-state index contributed by atoms with van der Waals surface area (Å²) in [5, 5.41) is 10.0. The Balaban J connectivity index is 1.78. The molecule has 0 aromatic heterocycles. The Kier molecular flexibility index (Phi) is 7.21. The van der Waals surface area contributed by atoms with Crippen LogP contribution in [-0.4, -0.2) is 13.1 Å². The zero-order chi connectivity index (χ0) is 22.2. The number of carbonyl (C=O) groups excluding carboxylic acids is 1. The van der Waals surface area contributed by atoms with E-state index in [4.69, 9.17) is 21.1 Å². The topological polar surface area (TPSA) is 59.3 Å².